The van der Waals surface area contributed by atoms with E-state index in [0.29, 0.717) is 12.1 Å². The molecule has 0 aliphatic carbocycles. The van der Waals surface area contributed by atoms with Gasteiger partial charge in [0, 0.05) is 6.07 Å². The zero-order valence-corrected chi connectivity index (χ0v) is 13.4. The smallest absolute Gasteiger partial charge is 0.265 e. The number of nitro benzene ring substituents is 2. The summed E-state index contributed by atoms with van der Waals surface area (Å²) in [5.41, 5.74) is -3.11. The van der Waals surface area contributed by atoms with Crippen molar-refractivity contribution in [1.82, 2.24) is 9.19 Å². The van der Waals surface area contributed by atoms with Crippen molar-refractivity contribution in [1.29, 1.82) is 0 Å². The fraction of sp³-hybridized carbons (Fsp3) is 0. The van der Waals surface area contributed by atoms with Gasteiger partial charge in [0.05, 0.1) is 27.1 Å². The topological polar surface area (TPSA) is 155 Å². The van der Waals surface area contributed by atoms with E-state index in [4.69, 9.17) is 23.2 Å². The van der Waals surface area contributed by atoms with Gasteiger partial charge in [-0.2, -0.15) is 13.5 Å². The summed E-state index contributed by atoms with van der Waals surface area (Å²) in [5.74, 6) is 0. The van der Waals surface area contributed by atoms with E-state index in [0.717, 1.165) is 12.3 Å². The van der Waals surface area contributed by atoms with E-state index >= 15 is 0 Å². The van der Waals surface area contributed by atoms with Crippen molar-refractivity contribution >= 4 is 44.6 Å². The molecule has 1 heterocycles. The number of nitro groups is 2. The SMILES string of the molecule is O=c1c(Cl)c(Cl)cnn1S(=O)(=O)c1ccc([N+](=O)[O-])cc1[N+](=O)[O-]. The van der Waals surface area contributed by atoms with Crippen LogP contribution < -0.4 is 5.56 Å². The van der Waals surface area contributed by atoms with Crippen molar-refractivity contribution in [2.75, 3.05) is 0 Å². The fourth-order valence-corrected chi connectivity index (χ4v) is 3.25. The lowest BCUT2D eigenvalue weighted by molar-refractivity contribution is -0.396. The molecule has 11 nitrogen and oxygen atoms in total. The van der Waals surface area contributed by atoms with Gasteiger partial charge in [-0.15, -0.1) is 4.09 Å². The number of hydrogen-bond acceptors (Lipinski definition) is 8. The largest absolute Gasteiger partial charge is 0.301 e. The molecular formula is C10H4Cl2N4O7S. The third-order valence-electron chi connectivity index (χ3n) is 2.70. The molecule has 0 N–H and O–H groups in total. The van der Waals surface area contributed by atoms with Crippen molar-refractivity contribution in [2.45, 2.75) is 4.90 Å². The van der Waals surface area contributed by atoms with Gasteiger partial charge >= 0.3 is 5.56 Å². The van der Waals surface area contributed by atoms with Crippen molar-refractivity contribution in [2.24, 2.45) is 0 Å². The second kappa shape index (κ2) is 6.14. The van der Waals surface area contributed by atoms with Gasteiger partial charge in [0.25, 0.3) is 21.4 Å². The molecule has 0 bridgehead atoms. The van der Waals surface area contributed by atoms with Gasteiger partial charge < -0.3 is 0 Å². The molecule has 0 saturated heterocycles. The Morgan fingerprint density at radius 2 is 1.75 bits per heavy atom. The van der Waals surface area contributed by atoms with Gasteiger partial charge in [0.2, 0.25) is 0 Å². The Hall–Kier alpha value is -2.57. The summed E-state index contributed by atoms with van der Waals surface area (Å²) >= 11 is 11.1. The summed E-state index contributed by atoms with van der Waals surface area (Å²) in [7, 11) is -4.84. The lowest BCUT2D eigenvalue weighted by Gasteiger charge is -2.07. The third kappa shape index (κ3) is 2.93. The average Bonchev–Trinajstić information content (AvgIpc) is 2.51. The first kappa shape index (κ1) is 17.8. The van der Waals surface area contributed by atoms with Crippen LogP contribution >= 0.6 is 23.2 Å². The van der Waals surface area contributed by atoms with Gasteiger partial charge in [-0.1, -0.05) is 23.2 Å². The number of halogens is 2. The van der Waals surface area contributed by atoms with Gasteiger partial charge in [-0.05, 0) is 6.07 Å². The number of non-ortho nitro benzene ring substituents is 1. The predicted octanol–water partition coefficient (Wildman–Crippen LogP) is 1.60. The van der Waals surface area contributed by atoms with Crippen LogP contribution in [0.25, 0.3) is 0 Å². The molecular weight excluding hydrogens is 391 g/mol. The van der Waals surface area contributed by atoms with E-state index < -0.39 is 46.7 Å². The van der Waals surface area contributed by atoms with E-state index in [1.165, 1.54) is 0 Å². The normalized spacial score (nSPS) is 11.2. The minimum Gasteiger partial charge on any atom is -0.265 e. The lowest BCUT2D eigenvalue weighted by Crippen LogP contribution is -2.30. The van der Waals surface area contributed by atoms with E-state index in [2.05, 4.69) is 5.10 Å². The number of benzene rings is 1. The molecule has 0 saturated carbocycles. The van der Waals surface area contributed by atoms with Crippen molar-refractivity contribution in [3.8, 4) is 0 Å². The summed E-state index contributed by atoms with van der Waals surface area (Å²) in [5, 5.41) is 24.0. The highest BCUT2D eigenvalue weighted by atomic mass is 35.5. The molecule has 0 atom stereocenters. The third-order valence-corrected chi connectivity index (χ3v) is 5.07. The van der Waals surface area contributed by atoms with E-state index in [1.807, 2.05) is 0 Å². The maximum Gasteiger partial charge on any atom is 0.301 e. The Kier molecular flexibility index (Phi) is 4.55. The number of rotatable bonds is 4. The van der Waals surface area contributed by atoms with Crippen LogP contribution in [0.4, 0.5) is 11.4 Å². The number of nitrogens with zero attached hydrogens (tertiary/aromatic N) is 4. The monoisotopic (exact) mass is 394 g/mol. The summed E-state index contributed by atoms with van der Waals surface area (Å²) < 4.78 is 24.8. The zero-order valence-electron chi connectivity index (χ0n) is 11.1. The Balaban J connectivity index is 2.80. The second-order valence-corrected chi connectivity index (χ2v) is 6.65. The molecule has 0 aliphatic heterocycles. The van der Waals surface area contributed by atoms with Gasteiger partial charge in [0.1, 0.15) is 5.02 Å². The first-order valence-corrected chi connectivity index (χ1v) is 7.88. The second-order valence-electron chi connectivity index (χ2n) is 4.13. The van der Waals surface area contributed by atoms with Crippen molar-refractivity contribution < 1.29 is 18.3 Å². The van der Waals surface area contributed by atoms with E-state index in [9.17, 15) is 33.4 Å². The molecule has 0 fully saturated rings. The minimum absolute atomic E-state index is 0.0879. The maximum absolute atomic E-state index is 12.4. The first-order chi connectivity index (χ1) is 11.1. The number of hydrogen-bond donors (Lipinski definition) is 0. The van der Waals surface area contributed by atoms with Crippen LogP contribution in [0.1, 0.15) is 0 Å². The minimum atomic E-state index is -4.84. The van der Waals surface area contributed by atoms with Crippen molar-refractivity contribution in [3.05, 3.63) is 65.0 Å². The van der Waals surface area contributed by atoms with Crippen LogP contribution in [-0.2, 0) is 10.0 Å². The highest BCUT2D eigenvalue weighted by molar-refractivity contribution is 7.90. The molecule has 24 heavy (non-hydrogen) atoms. The van der Waals surface area contributed by atoms with Gasteiger partial charge in [-0.25, -0.2) is 0 Å². The van der Waals surface area contributed by atoms with Crippen molar-refractivity contribution in [3.63, 3.8) is 0 Å². The van der Waals surface area contributed by atoms with Crippen LogP contribution in [0.5, 0.6) is 0 Å². The van der Waals surface area contributed by atoms with Crippen LogP contribution in [0.15, 0.2) is 34.1 Å². The Labute approximate surface area is 142 Å². The van der Waals surface area contributed by atoms with Crippen LogP contribution in [0, 0.1) is 20.2 Å². The Morgan fingerprint density at radius 3 is 2.29 bits per heavy atom. The average molecular weight is 395 g/mol. The van der Waals surface area contributed by atoms with Crippen LogP contribution in [0.2, 0.25) is 10.0 Å². The standard InChI is InChI=1S/C10H4Cl2N4O7S/c11-6-4-13-14(10(17)9(6)12)24(22,23)8-2-1-5(15(18)19)3-7(8)16(20)21/h1-4H. The van der Waals surface area contributed by atoms with Crippen LogP contribution in [0.3, 0.4) is 0 Å². The zero-order chi connectivity index (χ0) is 18.2. The molecule has 2 rings (SSSR count). The molecule has 0 aliphatic rings. The molecule has 2 aromatic rings. The Morgan fingerprint density at radius 1 is 1.12 bits per heavy atom. The molecule has 0 amide bonds. The summed E-state index contributed by atoms with van der Waals surface area (Å²) in [4.78, 5) is 30.6. The van der Waals surface area contributed by atoms with E-state index in [-0.39, 0.29) is 9.11 Å². The molecule has 14 heteroatoms. The highest BCUT2D eigenvalue weighted by Gasteiger charge is 2.32. The molecule has 126 valence electrons. The quantitative estimate of drug-likeness (QED) is 0.558. The molecule has 1 aromatic carbocycles. The van der Waals surface area contributed by atoms with E-state index in [1.54, 1.807) is 0 Å². The molecule has 0 radical (unpaired) electrons. The maximum atomic E-state index is 12.4. The molecule has 1 aromatic heterocycles. The molecule has 0 unspecified atom stereocenters. The van der Waals surface area contributed by atoms with Gasteiger partial charge in [-0.3, -0.25) is 25.0 Å². The molecule has 0 spiro atoms. The predicted molar refractivity (Wildman–Crippen MR) is 80.9 cm³/mol. The highest BCUT2D eigenvalue weighted by Crippen LogP contribution is 2.29. The first-order valence-electron chi connectivity index (χ1n) is 5.69. The lowest BCUT2D eigenvalue weighted by atomic mass is 10.3. The summed E-state index contributed by atoms with van der Waals surface area (Å²) in [6.45, 7) is 0. The summed E-state index contributed by atoms with van der Waals surface area (Å²) in [6.07, 6.45) is 0.764. The summed E-state index contributed by atoms with van der Waals surface area (Å²) in [6, 6.07) is 1.82. The van der Waals surface area contributed by atoms with Crippen LogP contribution in [-0.4, -0.2) is 27.5 Å². The Bertz CT molecular complexity index is 1030. The van der Waals surface area contributed by atoms with Gasteiger partial charge in [0.15, 0.2) is 4.90 Å². The fourth-order valence-electron chi connectivity index (χ4n) is 1.64. The number of aromatic nitrogens is 2.